The summed E-state index contributed by atoms with van der Waals surface area (Å²) < 4.78 is 3.45. The summed E-state index contributed by atoms with van der Waals surface area (Å²) in [7, 11) is 0. The van der Waals surface area contributed by atoms with Crippen LogP contribution in [0, 0.1) is 0 Å². The van der Waals surface area contributed by atoms with Gasteiger partial charge in [-0.25, -0.2) is 4.98 Å². The Morgan fingerprint density at radius 1 is 1.24 bits per heavy atom. The van der Waals surface area contributed by atoms with Crippen LogP contribution in [0.2, 0.25) is 0 Å². The van der Waals surface area contributed by atoms with Gasteiger partial charge in [0.25, 0.3) is 0 Å². The molecule has 2 aromatic carbocycles. The molecule has 0 atom stereocenters. The highest BCUT2D eigenvalue weighted by molar-refractivity contribution is 9.10. The van der Waals surface area contributed by atoms with Gasteiger partial charge in [-0.1, -0.05) is 46.7 Å². The lowest BCUT2D eigenvalue weighted by molar-refractivity contribution is 0.717. The van der Waals surface area contributed by atoms with Gasteiger partial charge >= 0.3 is 0 Å². The molecule has 0 saturated heterocycles. The van der Waals surface area contributed by atoms with Crippen LogP contribution in [0.4, 0.5) is 0 Å². The van der Waals surface area contributed by atoms with E-state index in [1.54, 1.807) is 23.1 Å². The molecule has 0 amide bonds. The Morgan fingerprint density at radius 2 is 2.10 bits per heavy atom. The molecule has 1 N–H and O–H groups in total. The number of halogens is 1. The molecule has 0 fully saturated rings. The summed E-state index contributed by atoms with van der Waals surface area (Å²) in [6.45, 7) is 3.97. The first-order valence-corrected chi connectivity index (χ1v) is 9.21. The van der Waals surface area contributed by atoms with Gasteiger partial charge in [-0.2, -0.15) is 0 Å². The second-order valence-electron chi connectivity index (χ2n) is 4.58. The zero-order valence-electron chi connectivity index (χ0n) is 11.6. The number of benzene rings is 2. The molecule has 0 aliphatic carbocycles. The molecule has 3 aromatic rings. The molecule has 1 aromatic heterocycles. The summed E-state index contributed by atoms with van der Waals surface area (Å²) in [4.78, 5) is 5.96. The third kappa shape index (κ3) is 3.66. The van der Waals surface area contributed by atoms with E-state index in [-0.39, 0.29) is 0 Å². The highest BCUT2D eigenvalue weighted by Crippen LogP contribution is 2.36. The van der Waals surface area contributed by atoms with Gasteiger partial charge in [0.1, 0.15) is 0 Å². The first-order valence-electron chi connectivity index (χ1n) is 6.79. The Hall–Kier alpha value is -0.880. The van der Waals surface area contributed by atoms with Gasteiger partial charge in [0.05, 0.1) is 10.2 Å². The first-order chi connectivity index (χ1) is 10.3. The van der Waals surface area contributed by atoms with E-state index in [1.807, 2.05) is 6.07 Å². The van der Waals surface area contributed by atoms with Crippen LogP contribution in [0.15, 0.2) is 56.2 Å². The molecule has 1 heterocycles. The van der Waals surface area contributed by atoms with Gasteiger partial charge in [-0.15, -0.1) is 11.3 Å². The van der Waals surface area contributed by atoms with Crippen LogP contribution in [-0.2, 0) is 6.54 Å². The van der Waals surface area contributed by atoms with Crippen LogP contribution in [0.25, 0.3) is 10.2 Å². The van der Waals surface area contributed by atoms with Crippen LogP contribution < -0.4 is 5.32 Å². The molecular formula is C16H15BrN2S2. The standard InChI is InChI=1S/C16H15BrN2S2/c1-2-18-10-11-9-12(17)7-8-14(11)20-16-19-13-5-3-4-6-15(13)21-16/h3-9,18H,2,10H2,1H3. The number of nitrogens with zero attached hydrogens (tertiary/aromatic N) is 1. The first kappa shape index (κ1) is 15.0. The lowest BCUT2D eigenvalue weighted by atomic mass is 10.2. The van der Waals surface area contributed by atoms with Gasteiger partial charge in [0, 0.05) is 15.9 Å². The Morgan fingerprint density at radius 3 is 2.90 bits per heavy atom. The van der Waals surface area contributed by atoms with E-state index in [1.165, 1.54) is 15.2 Å². The summed E-state index contributed by atoms with van der Waals surface area (Å²) in [6.07, 6.45) is 0. The van der Waals surface area contributed by atoms with Crippen LogP contribution in [0.1, 0.15) is 12.5 Å². The van der Waals surface area contributed by atoms with Gasteiger partial charge < -0.3 is 5.32 Å². The smallest absolute Gasteiger partial charge is 0.155 e. The molecule has 0 spiro atoms. The third-order valence-electron chi connectivity index (χ3n) is 3.06. The van der Waals surface area contributed by atoms with Crippen molar-refractivity contribution in [2.45, 2.75) is 22.7 Å². The number of hydrogen-bond donors (Lipinski definition) is 1. The van der Waals surface area contributed by atoms with Crippen molar-refractivity contribution in [3.63, 3.8) is 0 Å². The topological polar surface area (TPSA) is 24.9 Å². The van der Waals surface area contributed by atoms with Gasteiger partial charge in [-0.05, 0) is 42.4 Å². The van der Waals surface area contributed by atoms with Crippen molar-refractivity contribution in [2.24, 2.45) is 0 Å². The van der Waals surface area contributed by atoms with Crippen molar-refractivity contribution in [3.05, 3.63) is 52.5 Å². The number of rotatable bonds is 5. The molecular weight excluding hydrogens is 364 g/mol. The second-order valence-corrected chi connectivity index (χ2v) is 7.82. The molecule has 0 aliphatic rings. The molecule has 2 nitrogen and oxygen atoms in total. The second kappa shape index (κ2) is 6.92. The average molecular weight is 379 g/mol. The van der Waals surface area contributed by atoms with Crippen molar-refractivity contribution < 1.29 is 0 Å². The fraction of sp³-hybridized carbons (Fsp3) is 0.188. The number of thiazole rings is 1. The summed E-state index contributed by atoms with van der Waals surface area (Å²) in [5, 5.41) is 3.39. The van der Waals surface area contributed by atoms with Gasteiger partial charge in [-0.3, -0.25) is 0 Å². The number of fused-ring (bicyclic) bond motifs is 1. The summed E-state index contributed by atoms with van der Waals surface area (Å²) in [6, 6.07) is 14.7. The van der Waals surface area contributed by atoms with Gasteiger partial charge in [0.2, 0.25) is 0 Å². The normalized spacial score (nSPS) is 11.1. The summed E-state index contributed by atoms with van der Waals surface area (Å²) in [5.74, 6) is 0. The highest BCUT2D eigenvalue weighted by Gasteiger charge is 2.09. The third-order valence-corrected chi connectivity index (χ3v) is 5.77. The molecule has 0 unspecified atom stereocenters. The fourth-order valence-corrected chi connectivity index (χ4v) is 4.58. The molecule has 3 rings (SSSR count). The maximum absolute atomic E-state index is 4.70. The number of para-hydroxylation sites is 1. The number of nitrogens with one attached hydrogen (secondary N) is 1. The monoisotopic (exact) mass is 378 g/mol. The van der Waals surface area contributed by atoms with E-state index in [0.717, 1.165) is 27.4 Å². The molecule has 108 valence electrons. The summed E-state index contributed by atoms with van der Waals surface area (Å²) in [5.41, 5.74) is 2.38. The van der Waals surface area contributed by atoms with Crippen molar-refractivity contribution >= 4 is 49.2 Å². The zero-order valence-corrected chi connectivity index (χ0v) is 14.8. The van der Waals surface area contributed by atoms with E-state index in [9.17, 15) is 0 Å². The van der Waals surface area contributed by atoms with Crippen LogP contribution >= 0.6 is 39.0 Å². The summed E-state index contributed by atoms with van der Waals surface area (Å²) >= 11 is 7.05. The van der Waals surface area contributed by atoms with Crippen LogP contribution in [0.5, 0.6) is 0 Å². The van der Waals surface area contributed by atoms with E-state index >= 15 is 0 Å². The Bertz CT molecular complexity index is 722. The van der Waals surface area contributed by atoms with Crippen LogP contribution in [-0.4, -0.2) is 11.5 Å². The largest absolute Gasteiger partial charge is 0.313 e. The predicted molar refractivity (Wildman–Crippen MR) is 95.3 cm³/mol. The van der Waals surface area contributed by atoms with Crippen molar-refractivity contribution in [3.8, 4) is 0 Å². The molecule has 0 aliphatic heterocycles. The molecule has 5 heteroatoms. The molecule has 21 heavy (non-hydrogen) atoms. The predicted octanol–water partition coefficient (Wildman–Crippen LogP) is 5.32. The molecule has 0 bridgehead atoms. The number of aromatic nitrogens is 1. The fourth-order valence-electron chi connectivity index (χ4n) is 2.03. The van der Waals surface area contributed by atoms with Crippen molar-refractivity contribution in [1.29, 1.82) is 0 Å². The molecule has 0 saturated carbocycles. The van der Waals surface area contributed by atoms with E-state index in [4.69, 9.17) is 4.98 Å². The Balaban J connectivity index is 1.89. The van der Waals surface area contributed by atoms with Crippen LogP contribution in [0.3, 0.4) is 0 Å². The van der Waals surface area contributed by atoms with E-state index < -0.39 is 0 Å². The lowest BCUT2D eigenvalue weighted by Gasteiger charge is -2.09. The number of hydrogen-bond acceptors (Lipinski definition) is 4. The van der Waals surface area contributed by atoms with E-state index in [0.29, 0.717) is 0 Å². The van der Waals surface area contributed by atoms with Crippen molar-refractivity contribution in [1.82, 2.24) is 10.3 Å². The zero-order chi connectivity index (χ0) is 14.7. The SMILES string of the molecule is CCNCc1cc(Br)ccc1Sc1nc2ccccc2s1. The molecule has 0 radical (unpaired) electrons. The van der Waals surface area contributed by atoms with Gasteiger partial charge in [0.15, 0.2) is 4.34 Å². The average Bonchev–Trinajstić information content (AvgIpc) is 2.89. The lowest BCUT2D eigenvalue weighted by Crippen LogP contribution is -2.12. The van der Waals surface area contributed by atoms with Crippen molar-refractivity contribution in [2.75, 3.05) is 6.54 Å². The minimum Gasteiger partial charge on any atom is -0.313 e. The van der Waals surface area contributed by atoms with E-state index in [2.05, 4.69) is 64.6 Å². The Kier molecular flexibility index (Phi) is 4.95. The maximum Gasteiger partial charge on any atom is 0.155 e. The minimum absolute atomic E-state index is 0.878. The minimum atomic E-state index is 0.878. The quantitative estimate of drug-likeness (QED) is 0.650. The highest BCUT2D eigenvalue weighted by atomic mass is 79.9. The maximum atomic E-state index is 4.70. The Labute approximate surface area is 141 Å².